The van der Waals surface area contributed by atoms with E-state index in [1.165, 1.54) is 71.9 Å². The zero-order valence-electron chi connectivity index (χ0n) is 22.4. The van der Waals surface area contributed by atoms with Crippen molar-refractivity contribution in [3.05, 3.63) is 174 Å². The highest BCUT2D eigenvalue weighted by molar-refractivity contribution is 6.22. The summed E-state index contributed by atoms with van der Waals surface area (Å²) in [7, 11) is 0. The Morgan fingerprint density at radius 2 is 1.10 bits per heavy atom. The van der Waals surface area contributed by atoms with E-state index in [-0.39, 0.29) is 0 Å². The number of nitrogens with one attached hydrogen (secondary N) is 1. The molecule has 2 aromatic heterocycles. The van der Waals surface area contributed by atoms with Crippen LogP contribution in [-0.2, 0) is 5.41 Å². The molecule has 8 aromatic rings. The van der Waals surface area contributed by atoms with Gasteiger partial charge in [0.15, 0.2) is 0 Å². The molecule has 0 atom stereocenters. The van der Waals surface area contributed by atoms with Gasteiger partial charge in [-0.05, 0) is 41.0 Å². The van der Waals surface area contributed by atoms with Crippen molar-refractivity contribution in [3.63, 3.8) is 0 Å². The summed E-state index contributed by atoms with van der Waals surface area (Å²) in [5.41, 5.74) is 12.1. The van der Waals surface area contributed by atoms with Gasteiger partial charge in [-0.1, -0.05) is 127 Å². The van der Waals surface area contributed by atoms with E-state index in [9.17, 15) is 0 Å². The summed E-state index contributed by atoms with van der Waals surface area (Å²) in [6.45, 7) is 0. The van der Waals surface area contributed by atoms with Gasteiger partial charge in [0.25, 0.3) is 0 Å². The maximum atomic E-state index is 4.01. The first-order valence-electron chi connectivity index (χ1n) is 14.2. The normalized spacial score (nSPS) is 13.6. The van der Waals surface area contributed by atoms with Crippen LogP contribution in [0.2, 0.25) is 0 Å². The lowest BCUT2D eigenvalue weighted by Gasteiger charge is -2.33. The van der Waals surface area contributed by atoms with Crippen LogP contribution in [0.1, 0.15) is 22.3 Å². The predicted octanol–water partition coefficient (Wildman–Crippen LogP) is 9.63. The molecule has 0 aliphatic heterocycles. The third-order valence-electron chi connectivity index (χ3n) is 9.01. The van der Waals surface area contributed by atoms with Crippen LogP contribution in [0.15, 0.2) is 152 Å². The van der Waals surface area contributed by atoms with Crippen molar-refractivity contribution in [2.75, 3.05) is 0 Å². The smallest absolute Gasteiger partial charge is 0.0735 e. The molecule has 192 valence electrons. The number of hydrogen-bond acceptors (Lipinski definition) is 0. The lowest BCUT2D eigenvalue weighted by atomic mass is 9.67. The molecular formula is C39H26N2. The van der Waals surface area contributed by atoms with Crippen molar-refractivity contribution in [3.8, 4) is 16.9 Å². The van der Waals surface area contributed by atoms with E-state index in [2.05, 4.69) is 161 Å². The maximum Gasteiger partial charge on any atom is 0.0735 e. The van der Waals surface area contributed by atoms with Crippen molar-refractivity contribution in [1.82, 2.24) is 9.55 Å². The Balaban J connectivity index is 1.48. The number of aromatic nitrogens is 2. The van der Waals surface area contributed by atoms with Crippen LogP contribution in [-0.4, -0.2) is 9.55 Å². The van der Waals surface area contributed by atoms with E-state index < -0.39 is 5.41 Å². The lowest BCUT2D eigenvalue weighted by Crippen LogP contribution is -2.28. The van der Waals surface area contributed by atoms with Crippen molar-refractivity contribution in [1.29, 1.82) is 0 Å². The summed E-state index contributed by atoms with van der Waals surface area (Å²) in [5.74, 6) is 0. The molecule has 2 nitrogen and oxygen atoms in total. The Kier molecular flexibility index (Phi) is 4.57. The van der Waals surface area contributed by atoms with Crippen LogP contribution < -0.4 is 0 Å². The van der Waals surface area contributed by atoms with E-state index in [0.717, 1.165) is 0 Å². The van der Waals surface area contributed by atoms with Crippen molar-refractivity contribution in [2.24, 2.45) is 0 Å². The van der Waals surface area contributed by atoms with Gasteiger partial charge < -0.3 is 9.55 Å². The van der Waals surface area contributed by atoms with E-state index in [4.69, 9.17) is 0 Å². The fourth-order valence-corrected chi connectivity index (χ4v) is 7.47. The fourth-order valence-electron chi connectivity index (χ4n) is 7.47. The molecule has 2 heterocycles. The molecule has 6 aromatic carbocycles. The summed E-state index contributed by atoms with van der Waals surface area (Å²) >= 11 is 0. The molecule has 0 amide bonds. The molecule has 0 spiro atoms. The van der Waals surface area contributed by atoms with E-state index in [1.54, 1.807) is 0 Å². The third-order valence-corrected chi connectivity index (χ3v) is 9.01. The summed E-state index contributed by atoms with van der Waals surface area (Å²) in [6, 6.07) is 55.1. The lowest BCUT2D eigenvalue weighted by molar-refractivity contribution is 0.776. The molecule has 0 unspecified atom stereocenters. The molecule has 0 saturated heterocycles. The van der Waals surface area contributed by atoms with E-state index in [0.29, 0.717) is 0 Å². The molecule has 1 aliphatic rings. The Morgan fingerprint density at radius 1 is 0.488 bits per heavy atom. The predicted molar refractivity (Wildman–Crippen MR) is 170 cm³/mol. The second kappa shape index (κ2) is 8.33. The van der Waals surface area contributed by atoms with Crippen molar-refractivity contribution >= 4 is 32.7 Å². The second-order valence-electron chi connectivity index (χ2n) is 11.0. The average Bonchev–Trinajstić information content (AvgIpc) is 3.68. The number of H-pyrrole nitrogens is 1. The van der Waals surface area contributed by atoms with Gasteiger partial charge in [-0.2, -0.15) is 0 Å². The highest BCUT2D eigenvalue weighted by Crippen LogP contribution is 2.58. The molecule has 0 fully saturated rings. The Bertz CT molecular complexity index is 2200. The van der Waals surface area contributed by atoms with Crippen LogP contribution >= 0.6 is 0 Å². The highest BCUT2D eigenvalue weighted by atomic mass is 15.0. The molecular weight excluding hydrogens is 496 g/mol. The number of nitrogens with zero attached hydrogens (tertiary/aromatic N) is 1. The zero-order chi connectivity index (χ0) is 27.0. The van der Waals surface area contributed by atoms with Gasteiger partial charge in [0.05, 0.1) is 27.7 Å². The minimum Gasteiger partial charge on any atom is -0.354 e. The maximum absolute atomic E-state index is 4.01. The Morgan fingerprint density at radius 3 is 1.83 bits per heavy atom. The van der Waals surface area contributed by atoms with Crippen molar-refractivity contribution < 1.29 is 0 Å². The molecule has 0 saturated carbocycles. The largest absolute Gasteiger partial charge is 0.354 e. The summed E-state index contributed by atoms with van der Waals surface area (Å²) < 4.78 is 2.39. The molecule has 1 N–H and O–H groups in total. The third kappa shape index (κ3) is 2.86. The summed E-state index contributed by atoms with van der Waals surface area (Å²) in [5, 5.41) is 3.80. The summed E-state index contributed by atoms with van der Waals surface area (Å²) in [4.78, 5) is 4.01. The number of para-hydroxylation sites is 2. The minimum absolute atomic E-state index is 0.432. The highest BCUT2D eigenvalue weighted by Gasteiger charge is 2.48. The monoisotopic (exact) mass is 522 g/mol. The van der Waals surface area contributed by atoms with Crippen LogP contribution in [0.4, 0.5) is 0 Å². The van der Waals surface area contributed by atoms with Crippen LogP contribution in [0.25, 0.3) is 49.7 Å². The molecule has 1 aliphatic carbocycles. The number of rotatable bonds is 3. The topological polar surface area (TPSA) is 20.7 Å². The molecule has 41 heavy (non-hydrogen) atoms. The first kappa shape index (κ1) is 22.5. The molecule has 9 rings (SSSR count). The van der Waals surface area contributed by atoms with Gasteiger partial charge in [-0.15, -0.1) is 0 Å². The van der Waals surface area contributed by atoms with E-state index in [1.807, 2.05) is 0 Å². The van der Waals surface area contributed by atoms with Gasteiger partial charge in [0.2, 0.25) is 0 Å². The van der Waals surface area contributed by atoms with Gasteiger partial charge in [-0.25, -0.2) is 0 Å². The number of aromatic amines is 1. The van der Waals surface area contributed by atoms with Crippen molar-refractivity contribution in [2.45, 2.75) is 5.41 Å². The average molecular weight is 523 g/mol. The van der Waals surface area contributed by atoms with Gasteiger partial charge in [-0.3, -0.25) is 0 Å². The Labute approximate surface area is 238 Å². The second-order valence-corrected chi connectivity index (χ2v) is 11.0. The SMILES string of the molecule is c1ccc(-n2c3ccccc3c3c4[nH]c5c(c4ccc32)C(c2ccccc2)(c2ccccc2)c2ccccc2-5)cc1. The van der Waals surface area contributed by atoms with Gasteiger partial charge in [0.1, 0.15) is 0 Å². The van der Waals surface area contributed by atoms with Crippen LogP contribution in [0, 0.1) is 0 Å². The fraction of sp³-hybridized carbons (Fsp3) is 0.0256. The van der Waals surface area contributed by atoms with E-state index >= 15 is 0 Å². The first-order valence-corrected chi connectivity index (χ1v) is 14.2. The minimum atomic E-state index is -0.432. The number of fused-ring (bicyclic) bond motifs is 9. The van der Waals surface area contributed by atoms with Crippen LogP contribution in [0.5, 0.6) is 0 Å². The first-order chi connectivity index (χ1) is 20.4. The number of hydrogen-bond donors (Lipinski definition) is 1. The quantitative estimate of drug-likeness (QED) is 0.238. The summed E-state index contributed by atoms with van der Waals surface area (Å²) in [6.07, 6.45) is 0. The standard InChI is InChI=1S/C39H26N2/c1-4-14-26(15-5-1)39(27-16-6-2-7-17-27)32-22-12-10-20-29(32)38-36(39)31-24-25-34-35(37(31)40-38)30-21-11-13-23-33(30)41(34)28-18-8-3-9-19-28/h1-25,40H. The van der Waals surface area contributed by atoms with Crippen LogP contribution in [0.3, 0.4) is 0 Å². The van der Waals surface area contributed by atoms with Gasteiger partial charge >= 0.3 is 0 Å². The Hall–Kier alpha value is -5.34. The zero-order valence-corrected chi connectivity index (χ0v) is 22.4. The molecule has 0 bridgehead atoms. The molecule has 2 heteroatoms. The number of benzene rings is 6. The van der Waals surface area contributed by atoms with Gasteiger partial charge in [0, 0.05) is 33.0 Å². The molecule has 0 radical (unpaired) electrons.